The summed E-state index contributed by atoms with van der Waals surface area (Å²) in [5.41, 5.74) is -2.57. The highest BCUT2D eigenvalue weighted by Crippen LogP contribution is 2.37. The lowest BCUT2D eigenvalue weighted by Gasteiger charge is -2.29. The van der Waals surface area contributed by atoms with Gasteiger partial charge in [-0.3, -0.25) is 4.79 Å². The number of nitrogens with zero attached hydrogens (tertiary/aromatic N) is 1. The molecule has 1 aliphatic carbocycles. The van der Waals surface area contributed by atoms with Gasteiger partial charge in [0.15, 0.2) is 0 Å². The van der Waals surface area contributed by atoms with Crippen LogP contribution >= 0.6 is 0 Å². The number of amides is 1. The third kappa shape index (κ3) is 4.90. The number of carbonyl (C=O) groups excluding carboxylic acids is 2. The fourth-order valence-electron chi connectivity index (χ4n) is 2.62. The van der Waals surface area contributed by atoms with Crippen LogP contribution in [-0.4, -0.2) is 36.1 Å². The van der Waals surface area contributed by atoms with E-state index in [1.807, 2.05) is 0 Å². The van der Waals surface area contributed by atoms with Gasteiger partial charge in [0.1, 0.15) is 16.8 Å². The van der Waals surface area contributed by atoms with Crippen molar-refractivity contribution in [1.29, 1.82) is 0 Å². The van der Waals surface area contributed by atoms with Gasteiger partial charge in [-0.1, -0.05) is 13.8 Å². The van der Waals surface area contributed by atoms with Crippen LogP contribution in [0.1, 0.15) is 55.6 Å². The molecule has 0 spiro atoms. The molecule has 0 radical (unpaired) electrons. The van der Waals surface area contributed by atoms with E-state index in [2.05, 4.69) is 10.3 Å². The molecule has 1 aliphatic rings. The highest BCUT2D eigenvalue weighted by Gasteiger charge is 2.39. The van der Waals surface area contributed by atoms with E-state index in [9.17, 15) is 22.8 Å². The summed E-state index contributed by atoms with van der Waals surface area (Å²) in [6, 6.07) is 1.73. The minimum absolute atomic E-state index is 0.122. The first-order valence-electron chi connectivity index (χ1n) is 8.78. The third-order valence-electron chi connectivity index (χ3n) is 4.69. The lowest BCUT2D eigenvalue weighted by molar-refractivity contribution is -0.148. The summed E-state index contributed by atoms with van der Waals surface area (Å²) >= 11 is 0. The molecular formula is C18H23F3N2O4. The van der Waals surface area contributed by atoms with Crippen LogP contribution in [0, 0.1) is 5.92 Å². The Labute approximate surface area is 155 Å². The lowest BCUT2D eigenvalue weighted by Crippen LogP contribution is -2.54. The monoisotopic (exact) mass is 388 g/mol. The number of hydrogen-bond donors (Lipinski definition) is 1. The van der Waals surface area contributed by atoms with Gasteiger partial charge in [-0.15, -0.1) is 0 Å². The molecular weight excluding hydrogens is 365 g/mol. The molecule has 0 saturated heterocycles. The Morgan fingerprint density at radius 2 is 1.85 bits per heavy atom. The van der Waals surface area contributed by atoms with E-state index < -0.39 is 35.0 Å². The van der Waals surface area contributed by atoms with Crippen molar-refractivity contribution >= 4 is 11.9 Å². The molecule has 1 N–H and O–H groups in total. The summed E-state index contributed by atoms with van der Waals surface area (Å²) in [5.74, 6) is -1.80. The van der Waals surface area contributed by atoms with Crippen LogP contribution in [0.5, 0.6) is 5.88 Å². The van der Waals surface area contributed by atoms with Crippen LogP contribution in [0.4, 0.5) is 13.2 Å². The normalized spacial score (nSPS) is 14.6. The SMILES string of the molecule is CCC(CC)(NC(=O)c1ccc(C(F)(F)F)c(OCC2CC2)n1)C(=O)OC. The quantitative estimate of drug-likeness (QED) is 0.691. The van der Waals surface area contributed by atoms with Gasteiger partial charge in [0, 0.05) is 0 Å². The third-order valence-corrected chi connectivity index (χ3v) is 4.69. The van der Waals surface area contributed by atoms with Crippen molar-refractivity contribution in [3.63, 3.8) is 0 Å². The number of ether oxygens (including phenoxy) is 2. The maximum Gasteiger partial charge on any atom is 0.421 e. The van der Waals surface area contributed by atoms with E-state index >= 15 is 0 Å². The Bertz CT molecular complexity index is 698. The highest BCUT2D eigenvalue weighted by atomic mass is 19.4. The molecule has 0 atom stereocenters. The number of hydrogen-bond acceptors (Lipinski definition) is 5. The summed E-state index contributed by atoms with van der Waals surface area (Å²) in [6.45, 7) is 3.52. The van der Waals surface area contributed by atoms with Crippen molar-refractivity contribution in [3.8, 4) is 5.88 Å². The van der Waals surface area contributed by atoms with Crippen LogP contribution in [0.25, 0.3) is 0 Å². The van der Waals surface area contributed by atoms with Crippen molar-refractivity contribution in [2.24, 2.45) is 5.92 Å². The molecule has 0 unspecified atom stereocenters. The first-order valence-corrected chi connectivity index (χ1v) is 8.78. The van der Waals surface area contributed by atoms with Crippen molar-refractivity contribution in [2.45, 2.75) is 51.2 Å². The summed E-state index contributed by atoms with van der Waals surface area (Å²) < 4.78 is 49.5. The Kier molecular flexibility index (Phi) is 6.33. The maximum atomic E-state index is 13.2. The number of carbonyl (C=O) groups is 2. The number of rotatable bonds is 8. The van der Waals surface area contributed by atoms with Gasteiger partial charge in [0.05, 0.1) is 13.7 Å². The second-order valence-electron chi connectivity index (χ2n) is 6.54. The smallest absolute Gasteiger partial charge is 0.421 e. The van der Waals surface area contributed by atoms with Crippen molar-refractivity contribution in [1.82, 2.24) is 10.3 Å². The van der Waals surface area contributed by atoms with E-state index in [4.69, 9.17) is 9.47 Å². The molecule has 1 heterocycles. The van der Waals surface area contributed by atoms with Crippen LogP contribution < -0.4 is 10.1 Å². The van der Waals surface area contributed by atoms with Gasteiger partial charge in [0.25, 0.3) is 5.91 Å². The van der Waals surface area contributed by atoms with Crippen molar-refractivity contribution < 1.29 is 32.2 Å². The van der Waals surface area contributed by atoms with E-state index in [0.717, 1.165) is 25.0 Å². The largest absolute Gasteiger partial charge is 0.477 e. The number of pyridine rings is 1. The molecule has 1 aromatic rings. The Morgan fingerprint density at radius 3 is 2.33 bits per heavy atom. The zero-order chi connectivity index (χ0) is 20.2. The highest BCUT2D eigenvalue weighted by molar-refractivity contribution is 5.96. The topological polar surface area (TPSA) is 77.5 Å². The van der Waals surface area contributed by atoms with Crippen LogP contribution in [0.15, 0.2) is 12.1 Å². The van der Waals surface area contributed by atoms with Gasteiger partial charge >= 0.3 is 12.1 Å². The molecule has 9 heteroatoms. The lowest BCUT2D eigenvalue weighted by atomic mass is 9.92. The fraction of sp³-hybridized carbons (Fsp3) is 0.611. The molecule has 2 rings (SSSR count). The van der Waals surface area contributed by atoms with Crippen LogP contribution in [0.3, 0.4) is 0 Å². The molecule has 1 saturated carbocycles. The predicted molar refractivity (Wildman–Crippen MR) is 90.3 cm³/mol. The average Bonchev–Trinajstić information content (AvgIpc) is 3.47. The number of nitrogens with one attached hydrogen (secondary N) is 1. The van der Waals surface area contributed by atoms with Gasteiger partial charge < -0.3 is 14.8 Å². The zero-order valence-electron chi connectivity index (χ0n) is 15.5. The standard InChI is InChI=1S/C18H23F3N2O4/c1-4-17(5-2,16(25)26-3)23-14(24)13-9-8-12(18(19,20)21)15(22-13)27-10-11-6-7-11/h8-9,11H,4-7,10H2,1-3H3,(H,23,24). The van der Waals surface area contributed by atoms with Crippen molar-refractivity contribution in [3.05, 3.63) is 23.4 Å². The number of aromatic nitrogens is 1. The fourth-order valence-corrected chi connectivity index (χ4v) is 2.62. The number of halogens is 3. The molecule has 6 nitrogen and oxygen atoms in total. The number of esters is 1. The van der Waals surface area contributed by atoms with E-state index in [0.29, 0.717) is 0 Å². The molecule has 27 heavy (non-hydrogen) atoms. The summed E-state index contributed by atoms with van der Waals surface area (Å²) in [7, 11) is 1.20. The molecule has 0 aliphatic heterocycles. The second-order valence-corrected chi connectivity index (χ2v) is 6.54. The molecule has 0 bridgehead atoms. The number of alkyl halides is 3. The average molecular weight is 388 g/mol. The van der Waals surface area contributed by atoms with Crippen LogP contribution in [0.2, 0.25) is 0 Å². The van der Waals surface area contributed by atoms with Gasteiger partial charge in [0.2, 0.25) is 5.88 Å². The van der Waals surface area contributed by atoms with Gasteiger partial charge in [-0.25, -0.2) is 9.78 Å². The molecule has 150 valence electrons. The van der Waals surface area contributed by atoms with Gasteiger partial charge in [-0.2, -0.15) is 13.2 Å². The van der Waals surface area contributed by atoms with E-state index in [-0.39, 0.29) is 31.1 Å². The summed E-state index contributed by atoms with van der Waals surface area (Å²) in [5, 5.41) is 2.55. The van der Waals surface area contributed by atoms with E-state index in [1.165, 1.54) is 7.11 Å². The number of methoxy groups -OCH3 is 1. The Morgan fingerprint density at radius 1 is 1.22 bits per heavy atom. The molecule has 1 aromatic heterocycles. The summed E-state index contributed by atoms with van der Waals surface area (Å²) in [6.07, 6.45) is -2.34. The minimum Gasteiger partial charge on any atom is -0.477 e. The zero-order valence-corrected chi connectivity index (χ0v) is 15.5. The second kappa shape index (κ2) is 8.14. The van der Waals surface area contributed by atoms with Crippen LogP contribution in [-0.2, 0) is 15.7 Å². The predicted octanol–water partition coefficient (Wildman–Crippen LogP) is 3.35. The van der Waals surface area contributed by atoms with E-state index in [1.54, 1.807) is 13.8 Å². The Hall–Kier alpha value is -2.32. The molecule has 1 fully saturated rings. The first kappa shape index (κ1) is 21.0. The maximum absolute atomic E-state index is 13.2. The molecule has 1 amide bonds. The minimum atomic E-state index is -4.65. The summed E-state index contributed by atoms with van der Waals surface area (Å²) in [4.78, 5) is 28.4. The first-order chi connectivity index (χ1) is 12.7. The molecule has 0 aromatic carbocycles. The van der Waals surface area contributed by atoms with Crippen molar-refractivity contribution in [2.75, 3.05) is 13.7 Å². The van der Waals surface area contributed by atoms with Gasteiger partial charge in [-0.05, 0) is 43.7 Å². The Balaban J connectivity index is 2.29.